The van der Waals surface area contributed by atoms with E-state index in [-0.39, 0.29) is 5.92 Å². The first-order valence-corrected chi connectivity index (χ1v) is 8.75. The van der Waals surface area contributed by atoms with Crippen LogP contribution in [0.2, 0.25) is 0 Å². The van der Waals surface area contributed by atoms with Gasteiger partial charge in [-0.15, -0.1) is 0 Å². The van der Waals surface area contributed by atoms with Gasteiger partial charge < -0.3 is 9.59 Å². The molecule has 0 aromatic heterocycles. The van der Waals surface area contributed by atoms with Crippen LogP contribution in [0.25, 0.3) is 0 Å². The summed E-state index contributed by atoms with van der Waals surface area (Å²) in [6, 6.07) is 16.6. The van der Waals surface area contributed by atoms with Gasteiger partial charge in [0.05, 0.1) is 26.7 Å². The van der Waals surface area contributed by atoms with Crippen molar-refractivity contribution in [2.24, 2.45) is 0 Å². The highest BCUT2D eigenvalue weighted by molar-refractivity contribution is 5.43. The average Bonchev–Trinajstić information content (AvgIpc) is 2.99. The molecule has 1 unspecified atom stereocenters. The maximum absolute atomic E-state index is 10.4. The fraction of sp³-hybridized carbons (Fsp3) is 0.429. The molecule has 23 heavy (non-hydrogen) atoms. The van der Waals surface area contributed by atoms with Crippen molar-refractivity contribution in [1.82, 2.24) is 0 Å². The van der Waals surface area contributed by atoms with E-state index in [9.17, 15) is 5.11 Å². The van der Waals surface area contributed by atoms with Crippen LogP contribution >= 0.6 is 0 Å². The van der Waals surface area contributed by atoms with Gasteiger partial charge in [0.15, 0.2) is 0 Å². The van der Waals surface area contributed by atoms with Crippen LogP contribution in [0, 0.1) is 6.92 Å². The summed E-state index contributed by atoms with van der Waals surface area (Å²) in [5, 5.41) is 10.4. The van der Waals surface area contributed by atoms with Gasteiger partial charge in [-0.25, -0.2) is 0 Å². The lowest BCUT2D eigenvalue weighted by atomic mass is 9.87. The first-order chi connectivity index (χ1) is 11.1. The lowest BCUT2D eigenvalue weighted by Gasteiger charge is -2.31. The highest BCUT2D eigenvalue weighted by Gasteiger charge is 2.29. The van der Waals surface area contributed by atoms with Gasteiger partial charge in [0.1, 0.15) is 5.75 Å². The molecule has 1 saturated heterocycles. The second-order valence-corrected chi connectivity index (χ2v) is 7.31. The van der Waals surface area contributed by atoms with Crippen LogP contribution in [0.1, 0.15) is 41.9 Å². The summed E-state index contributed by atoms with van der Waals surface area (Å²) < 4.78 is 1.18. The number of quaternary nitrogens is 1. The number of aromatic hydroxyl groups is 1. The fourth-order valence-corrected chi connectivity index (χ4v) is 3.90. The zero-order valence-electron chi connectivity index (χ0n) is 14.3. The molecule has 0 aliphatic carbocycles. The normalized spacial score (nSPS) is 18.0. The molecule has 122 valence electrons. The monoisotopic (exact) mass is 310 g/mol. The summed E-state index contributed by atoms with van der Waals surface area (Å²) in [6.07, 6.45) is 3.78. The fourth-order valence-electron chi connectivity index (χ4n) is 3.90. The Kier molecular flexibility index (Phi) is 4.72. The summed E-state index contributed by atoms with van der Waals surface area (Å²) in [4.78, 5) is 0. The first kappa shape index (κ1) is 16.1. The van der Waals surface area contributed by atoms with Crippen LogP contribution in [-0.2, 0) is 0 Å². The van der Waals surface area contributed by atoms with Crippen LogP contribution in [-0.4, -0.2) is 36.3 Å². The summed E-state index contributed by atoms with van der Waals surface area (Å²) in [5.41, 5.74) is 3.58. The Hall–Kier alpha value is -1.80. The van der Waals surface area contributed by atoms with Gasteiger partial charge in [-0.3, -0.25) is 0 Å². The minimum Gasteiger partial charge on any atom is -0.508 e. The highest BCUT2D eigenvalue weighted by atomic mass is 16.3. The van der Waals surface area contributed by atoms with Crippen molar-refractivity contribution in [3.05, 3.63) is 65.2 Å². The summed E-state index contributed by atoms with van der Waals surface area (Å²) in [6.45, 7) is 5.86. The van der Waals surface area contributed by atoms with Crippen molar-refractivity contribution in [3.63, 3.8) is 0 Å². The third-order valence-corrected chi connectivity index (χ3v) is 5.36. The van der Waals surface area contributed by atoms with Gasteiger partial charge in [-0.05, 0) is 18.6 Å². The zero-order chi connectivity index (χ0) is 16.3. The van der Waals surface area contributed by atoms with Gasteiger partial charge in [-0.1, -0.05) is 48.0 Å². The molecule has 1 atom stereocenters. The molecule has 0 spiro atoms. The summed E-state index contributed by atoms with van der Waals surface area (Å²) >= 11 is 0. The van der Waals surface area contributed by atoms with Crippen molar-refractivity contribution >= 4 is 0 Å². The predicted octanol–water partition coefficient (Wildman–Crippen LogP) is 4.46. The Bertz CT molecular complexity index is 644. The molecule has 2 aromatic rings. The predicted molar refractivity (Wildman–Crippen MR) is 95.8 cm³/mol. The van der Waals surface area contributed by atoms with E-state index in [0.717, 1.165) is 12.0 Å². The largest absolute Gasteiger partial charge is 0.508 e. The lowest BCUT2D eigenvalue weighted by Crippen LogP contribution is -2.42. The maximum Gasteiger partial charge on any atom is 0.119 e. The molecule has 0 bridgehead atoms. The second kappa shape index (κ2) is 6.76. The SMILES string of the molecule is Cc1ccc(O)c(C(CC[N+]2(C)CCCC2)c2ccccc2)c1. The van der Waals surface area contributed by atoms with E-state index < -0.39 is 0 Å². The number of rotatable bonds is 5. The Morgan fingerprint density at radius 3 is 2.43 bits per heavy atom. The lowest BCUT2D eigenvalue weighted by molar-refractivity contribution is -0.897. The molecule has 0 saturated carbocycles. The molecule has 0 radical (unpaired) electrons. The molecular formula is C21H28NO+. The topological polar surface area (TPSA) is 20.2 Å². The van der Waals surface area contributed by atoms with Crippen LogP contribution in [0.5, 0.6) is 5.75 Å². The zero-order valence-corrected chi connectivity index (χ0v) is 14.3. The molecule has 1 aliphatic heterocycles. The molecule has 3 rings (SSSR count). The van der Waals surface area contributed by atoms with E-state index >= 15 is 0 Å². The number of phenolic OH excluding ortho intramolecular Hbond substituents is 1. The van der Waals surface area contributed by atoms with Crippen molar-refractivity contribution < 1.29 is 9.59 Å². The minimum atomic E-state index is 0.270. The molecular weight excluding hydrogens is 282 g/mol. The van der Waals surface area contributed by atoms with Gasteiger partial charge in [-0.2, -0.15) is 0 Å². The van der Waals surface area contributed by atoms with Crippen molar-refractivity contribution in [1.29, 1.82) is 0 Å². The van der Waals surface area contributed by atoms with E-state index in [4.69, 9.17) is 0 Å². The first-order valence-electron chi connectivity index (χ1n) is 8.75. The van der Waals surface area contributed by atoms with E-state index in [1.54, 1.807) is 0 Å². The Balaban J connectivity index is 1.89. The highest BCUT2D eigenvalue weighted by Crippen LogP contribution is 2.35. The summed E-state index contributed by atoms with van der Waals surface area (Å²) in [5.74, 6) is 0.695. The van der Waals surface area contributed by atoms with Gasteiger partial charge in [0.2, 0.25) is 0 Å². The number of phenols is 1. The molecule has 1 aliphatic rings. The van der Waals surface area contributed by atoms with Gasteiger partial charge in [0, 0.05) is 30.7 Å². The molecule has 2 heteroatoms. The maximum atomic E-state index is 10.4. The third kappa shape index (κ3) is 3.76. The summed E-state index contributed by atoms with van der Waals surface area (Å²) in [7, 11) is 2.38. The molecule has 1 N–H and O–H groups in total. The number of aryl methyl sites for hydroxylation is 1. The number of hydrogen-bond donors (Lipinski definition) is 1. The van der Waals surface area contributed by atoms with Gasteiger partial charge >= 0.3 is 0 Å². The average molecular weight is 310 g/mol. The standard InChI is InChI=1S/C21H27NO/c1-17-10-11-21(23)20(16-17)19(18-8-4-3-5-9-18)12-15-22(2)13-6-7-14-22/h3-5,8-11,16,19H,6-7,12-15H2,1-2H3/p+1. The van der Waals surface area contributed by atoms with Crippen LogP contribution in [0.3, 0.4) is 0 Å². The molecule has 2 nitrogen and oxygen atoms in total. The Morgan fingerprint density at radius 1 is 1.04 bits per heavy atom. The third-order valence-electron chi connectivity index (χ3n) is 5.36. The number of hydrogen-bond acceptors (Lipinski definition) is 1. The molecule has 1 heterocycles. The van der Waals surface area contributed by atoms with Crippen LogP contribution in [0.15, 0.2) is 48.5 Å². The second-order valence-electron chi connectivity index (χ2n) is 7.31. The van der Waals surface area contributed by atoms with Crippen LogP contribution in [0.4, 0.5) is 0 Å². The Labute approximate surface area is 140 Å². The van der Waals surface area contributed by atoms with E-state index in [0.29, 0.717) is 5.75 Å². The van der Waals surface area contributed by atoms with E-state index in [2.05, 4.69) is 50.4 Å². The Morgan fingerprint density at radius 2 is 1.74 bits per heavy atom. The van der Waals surface area contributed by atoms with Crippen molar-refractivity contribution in [2.75, 3.05) is 26.7 Å². The van der Waals surface area contributed by atoms with Crippen molar-refractivity contribution in [3.8, 4) is 5.75 Å². The van der Waals surface area contributed by atoms with Gasteiger partial charge in [0.25, 0.3) is 0 Å². The number of benzene rings is 2. The minimum absolute atomic E-state index is 0.270. The quantitative estimate of drug-likeness (QED) is 0.808. The molecule has 0 amide bonds. The number of likely N-dealkylation sites (tertiary alicyclic amines) is 1. The smallest absolute Gasteiger partial charge is 0.119 e. The molecule has 2 aromatic carbocycles. The van der Waals surface area contributed by atoms with Crippen molar-refractivity contribution in [2.45, 2.75) is 32.1 Å². The molecule has 1 fully saturated rings. The number of nitrogens with zero attached hydrogens (tertiary/aromatic N) is 1. The van der Waals surface area contributed by atoms with E-state index in [1.807, 2.05) is 12.1 Å². The van der Waals surface area contributed by atoms with Crippen LogP contribution < -0.4 is 0 Å². The van der Waals surface area contributed by atoms with E-state index in [1.165, 1.54) is 48.1 Å².